The third-order valence-corrected chi connectivity index (χ3v) is 11.2. The third kappa shape index (κ3) is 6.68. The summed E-state index contributed by atoms with van der Waals surface area (Å²) in [4.78, 5) is 41.6. The van der Waals surface area contributed by atoms with Crippen LogP contribution in [0, 0.1) is 0 Å². The molecule has 0 fully saturated rings. The summed E-state index contributed by atoms with van der Waals surface area (Å²) < 4.78 is 0. The zero-order chi connectivity index (χ0) is 39.7. The smallest absolute Gasteiger partial charge is 0.357 e. The number of nitrogens with zero attached hydrogens (tertiary/aromatic N) is 8. The molecule has 5 heterocycles. The van der Waals surface area contributed by atoms with Crippen LogP contribution in [0.15, 0.2) is 72.8 Å². The Morgan fingerprint density at radius 2 is 0.596 bits per heavy atom. The number of aromatic nitrogens is 8. The van der Waals surface area contributed by atoms with Crippen LogP contribution in [0.25, 0.3) is 89.7 Å². The Kier molecular flexibility index (Phi) is 8.79. The van der Waals surface area contributed by atoms with Gasteiger partial charge in [-0.3, -0.25) is 0 Å². The van der Waals surface area contributed by atoms with Crippen LogP contribution >= 0.6 is 0 Å². The number of hydrogen-bond acceptors (Lipinski definition) is 6. The van der Waals surface area contributed by atoms with Gasteiger partial charge in [0.15, 0.2) is 0 Å². The van der Waals surface area contributed by atoms with Crippen molar-refractivity contribution in [3.05, 3.63) is 95.1 Å². The van der Waals surface area contributed by atoms with Gasteiger partial charge < -0.3 is 29.9 Å². The van der Waals surface area contributed by atoms with Crippen LogP contribution in [0.1, 0.15) is 105 Å². The largest absolute Gasteiger partial charge is 2.00 e. The molecule has 9 heteroatoms. The van der Waals surface area contributed by atoms with Gasteiger partial charge in [-0.1, -0.05) is 132 Å². The Bertz CT molecular complexity index is 2760. The topological polar surface area (TPSA) is 106 Å². The molecule has 0 N–H and O–H groups in total. The minimum atomic E-state index is -0.0829. The second-order valence-corrected chi connectivity index (χ2v) is 19.5. The molecular formula is C48H48N8Zn. The van der Waals surface area contributed by atoms with E-state index < -0.39 is 0 Å². The minimum absolute atomic E-state index is 0. The first kappa shape index (κ1) is 38.7. The average Bonchev–Trinajstić information content (AvgIpc) is 3.84. The van der Waals surface area contributed by atoms with Gasteiger partial charge in [-0.15, -0.1) is 0 Å². The van der Waals surface area contributed by atoms with Crippen LogP contribution in [0.4, 0.5) is 0 Å². The summed E-state index contributed by atoms with van der Waals surface area (Å²) in [6.45, 7) is 26.6. The van der Waals surface area contributed by atoms with Crippen LogP contribution in [-0.4, -0.2) is 29.9 Å². The van der Waals surface area contributed by atoms with E-state index in [1.807, 2.05) is 0 Å². The van der Waals surface area contributed by atoms with E-state index in [0.717, 1.165) is 43.8 Å². The Morgan fingerprint density at radius 1 is 0.316 bits per heavy atom. The molecule has 0 saturated heterocycles. The van der Waals surface area contributed by atoms with Gasteiger partial charge in [0.05, 0.1) is 23.3 Å². The predicted octanol–water partition coefficient (Wildman–Crippen LogP) is 11.3. The van der Waals surface area contributed by atoms with Gasteiger partial charge in [0.2, 0.25) is 0 Å². The fraction of sp³-hybridized carbons (Fsp3) is 0.333. The number of fused-ring (bicyclic) bond motifs is 20. The van der Waals surface area contributed by atoms with Crippen molar-refractivity contribution in [1.82, 2.24) is 39.9 Å². The van der Waals surface area contributed by atoms with E-state index >= 15 is 0 Å². The fourth-order valence-electron chi connectivity index (χ4n) is 7.53. The van der Waals surface area contributed by atoms with Gasteiger partial charge in [-0.25, -0.2) is 9.97 Å². The van der Waals surface area contributed by atoms with Crippen LogP contribution in [-0.2, 0) is 41.1 Å². The molecule has 8 bridgehead atoms. The summed E-state index contributed by atoms with van der Waals surface area (Å²) in [5.74, 6) is 2.24. The average molecular weight is 802 g/mol. The second kappa shape index (κ2) is 12.9. The van der Waals surface area contributed by atoms with Gasteiger partial charge in [0.1, 0.15) is 0 Å². The Hall–Kier alpha value is -5.14. The molecule has 57 heavy (non-hydrogen) atoms. The normalized spacial score (nSPS) is 13.1. The van der Waals surface area contributed by atoms with E-state index in [9.17, 15) is 0 Å². The number of rotatable bonds is 0. The molecule has 0 unspecified atom stereocenters. The monoisotopic (exact) mass is 800 g/mol. The van der Waals surface area contributed by atoms with Crippen molar-refractivity contribution >= 4 is 44.1 Å². The predicted molar refractivity (Wildman–Crippen MR) is 229 cm³/mol. The van der Waals surface area contributed by atoms with Crippen molar-refractivity contribution in [3.8, 4) is 45.6 Å². The Labute approximate surface area is 347 Å². The van der Waals surface area contributed by atoms with Crippen LogP contribution in [0.5, 0.6) is 0 Å². The summed E-state index contributed by atoms with van der Waals surface area (Å²) in [6.07, 6.45) is 0. The van der Waals surface area contributed by atoms with Crippen molar-refractivity contribution in [2.24, 2.45) is 0 Å². The molecule has 8 nitrogen and oxygen atoms in total. The first-order valence-electron chi connectivity index (χ1n) is 19.5. The molecule has 0 aliphatic carbocycles. The van der Waals surface area contributed by atoms with E-state index in [0.29, 0.717) is 45.9 Å². The van der Waals surface area contributed by atoms with E-state index in [-0.39, 0.29) is 41.1 Å². The fourth-order valence-corrected chi connectivity index (χ4v) is 7.53. The molecule has 7 aromatic rings. The molecule has 2 aliphatic heterocycles. The zero-order valence-electron chi connectivity index (χ0n) is 35.2. The number of benzene rings is 4. The van der Waals surface area contributed by atoms with Crippen LogP contribution in [0.3, 0.4) is 0 Å². The van der Waals surface area contributed by atoms with Gasteiger partial charge in [0, 0.05) is 44.8 Å². The first-order valence-corrected chi connectivity index (χ1v) is 19.5. The zero-order valence-corrected chi connectivity index (χ0v) is 38.2. The molecule has 0 radical (unpaired) electrons. The molecule has 2 aliphatic rings. The SMILES string of the molecule is CC(C)(C)c1ccc2c(c1)-c1nc-2nc2[n-]c(nc3nc(nc4[n-]c(n1)c1cc(C(C)(C)C)ccc41)-c1ccc(C(C)(C)C)cc1-3)c1cc(C(C)(C)C)ccc21.[Zn+2]. The summed E-state index contributed by atoms with van der Waals surface area (Å²) in [6, 6.07) is 25.9. The quantitative estimate of drug-likeness (QED) is 0.140. The van der Waals surface area contributed by atoms with E-state index in [4.69, 9.17) is 39.9 Å². The maximum Gasteiger partial charge on any atom is 2.00 e. The first-order chi connectivity index (χ1) is 26.2. The second-order valence-electron chi connectivity index (χ2n) is 19.5. The molecule has 0 amide bonds. The summed E-state index contributed by atoms with van der Waals surface area (Å²) in [5.41, 5.74) is 10.3. The summed E-state index contributed by atoms with van der Waals surface area (Å²) in [7, 11) is 0. The molecule has 3 aromatic heterocycles. The molecule has 282 valence electrons. The molecule has 9 rings (SSSR count). The van der Waals surface area contributed by atoms with Crippen molar-refractivity contribution in [2.75, 3.05) is 0 Å². The summed E-state index contributed by atoms with van der Waals surface area (Å²) in [5, 5.41) is 3.64. The minimum Gasteiger partial charge on any atom is -0.357 e. The van der Waals surface area contributed by atoms with Gasteiger partial charge >= 0.3 is 19.5 Å². The van der Waals surface area contributed by atoms with Gasteiger partial charge in [-0.05, 0) is 89.7 Å². The maximum absolute atomic E-state index is 5.27. The van der Waals surface area contributed by atoms with E-state index in [1.165, 1.54) is 22.3 Å². The molecule has 0 saturated carbocycles. The van der Waals surface area contributed by atoms with E-state index in [1.54, 1.807) is 0 Å². The van der Waals surface area contributed by atoms with Crippen molar-refractivity contribution in [2.45, 2.75) is 105 Å². The van der Waals surface area contributed by atoms with Crippen molar-refractivity contribution < 1.29 is 19.5 Å². The van der Waals surface area contributed by atoms with E-state index in [2.05, 4.69) is 156 Å². The van der Waals surface area contributed by atoms with Crippen LogP contribution < -0.4 is 9.97 Å². The van der Waals surface area contributed by atoms with Gasteiger partial charge in [-0.2, -0.15) is 0 Å². The maximum atomic E-state index is 5.27. The van der Waals surface area contributed by atoms with Crippen molar-refractivity contribution in [1.29, 1.82) is 0 Å². The van der Waals surface area contributed by atoms with Crippen molar-refractivity contribution in [3.63, 3.8) is 0 Å². The molecule has 4 aromatic carbocycles. The Morgan fingerprint density at radius 3 is 0.930 bits per heavy atom. The summed E-state index contributed by atoms with van der Waals surface area (Å²) >= 11 is 0. The molecule has 0 spiro atoms. The third-order valence-electron chi connectivity index (χ3n) is 11.2. The standard InChI is InChI=1S/C48H48N8.Zn/c1-45(2,3)25-13-17-29-33(21-25)41-51-37(29)49-38-31-19-15-27(47(7,8)9)23-35(31)43(53-38)56-44-36-24-28(48(10,11)12)16-20-32(36)40(54-44)50-39-30-18-14-26(46(4,5)6)22-34(30)42(52-39)55-41;/h13-24H,1-12H3;/q-2;+2. The number of hydrogen-bond donors (Lipinski definition) is 0. The Balaban J connectivity index is 0.00000455. The van der Waals surface area contributed by atoms with Crippen LogP contribution in [0.2, 0.25) is 0 Å². The molecule has 0 atom stereocenters. The van der Waals surface area contributed by atoms with Gasteiger partial charge in [0.25, 0.3) is 0 Å². The molecular weight excluding hydrogens is 754 g/mol.